The van der Waals surface area contributed by atoms with Gasteiger partial charge in [-0.25, -0.2) is 8.42 Å². The van der Waals surface area contributed by atoms with Crippen molar-refractivity contribution in [1.82, 2.24) is 9.62 Å². The number of nitrogens with zero attached hydrogens (tertiary/aromatic N) is 1. The number of halogens is 1. The van der Waals surface area contributed by atoms with Crippen molar-refractivity contribution in [1.29, 1.82) is 0 Å². The molecule has 11 heteroatoms. The number of benzene rings is 2. The molecule has 0 unspecified atom stereocenters. The van der Waals surface area contributed by atoms with E-state index in [-0.39, 0.29) is 47.3 Å². The quantitative estimate of drug-likeness (QED) is 0.566. The molecule has 33 heavy (non-hydrogen) atoms. The summed E-state index contributed by atoms with van der Waals surface area (Å²) in [6, 6.07) is 9.26. The summed E-state index contributed by atoms with van der Waals surface area (Å²) in [6.45, 7) is 2.83. The topological polar surface area (TPSA) is 103 Å². The maximum atomic E-state index is 12.7. The molecule has 2 aromatic rings. The van der Waals surface area contributed by atoms with Crippen LogP contribution in [0.25, 0.3) is 0 Å². The zero-order chi connectivity index (χ0) is 24.0. The lowest BCUT2D eigenvalue weighted by molar-refractivity contribution is -0.123. The highest BCUT2D eigenvalue weighted by atomic mass is 35.5. The molecule has 1 aliphatic heterocycles. The molecular formula is C22H27ClN2O7S. The molecule has 1 heterocycles. The second-order valence-electron chi connectivity index (χ2n) is 7.30. The first-order valence-corrected chi connectivity index (χ1v) is 12.1. The van der Waals surface area contributed by atoms with Crippen molar-refractivity contribution in [3.05, 3.63) is 47.0 Å². The predicted molar refractivity (Wildman–Crippen MR) is 123 cm³/mol. The zero-order valence-electron chi connectivity index (χ0n) is 18.7. The van der Waals surface area contributed by atoms with Crippen LogP contribution in [0.4, 0.5) is 0 Å². The van der Waals surface area contributed by atoms with Crippen LogP contribution in [0.2, 0.25) is 5.02 Å². The molecule has 1 atom stereocenters. The molecular weight excluding hydrogens is 472 g/mol. The Hall–Kier alpha value is -2.53. The van der Waals surface area contributed by atoms with Gasteiger partial charge in [-0.15, -0.1) is 0 Å². The molecule has 0 bridgehead atoms. The van der Waals surface area contributed by atoms with Gasteiger partial charge in [0.05, 0.1) is 43.4 Å². The minimum Gasteiger partial charge on any atom is -0.493 e. The fraction of sp³-hybridized carbons (Fsp3) is 0.409. The molecule has 0 aliphatic carbocycles. The minimum absolute atomic E-state index is 0.0632. The van der Waals surface area contributed by atoms with Gasteiger partial charge >= 0.3 is 0 Å². The third kappa shape index (κ3) is 6.08. The first kappa shape index (κ1) is 25.1. The van der Waals surface area contributed by atoms with Crippen LogP contribution >= 0.6 is 11.6 Å². The Bertz CT molecular complexity index is 1090. The normalized spacial score (nSPS) is 15.5. The van der Waals surface area contributed by atoms with Crippen molar-refractivity contribution in [2.75, 3.05) is 47.1 Å². The average Bonchev–Trinajstić information content (AvgIpc) is 2.83. The Morgan fingerprint density at radius 1 is 1.09 bits per heavy atom. The van der Waals surface area contributed by atoms with Crippen molar-refractivity contribution in [2.24, 2.45) is 0 Å². The Balaban J connectivity index is 1.60. The number of carbonyl (C=O) groups excluding carboxylic acids is 1. The molecule has 1 saturated heterocycles. The molecule has 0 radical (unpaired) electrons. The van der Waals surface area contributed by atoms with Gasteiger partial charge in [-0.2, -0.15) is 4.31 Å². The molecule has 0 spiro atoms. The summed E-state index contributed by atoms with van der Waals surface area (Å²) in [7, 11) is -0.582. The Morgan fingerprint density at radius 3 is 2.39 bits per heavy atom. The first-order chi connectivity index (χ1) is 15.8. The van der Waals surface area contributed by atoms with E-state index in [2.05, 4.69) is 5.32 Å². The van der Waals surface area contributed by atoms with Crippen molar-refractivity contribution in [2.45, 2.75) is 17.9 Å². The summed E-state index contributed by atoms with van der Waals surface area (Å²) in [5, 5.41) is 2.94. The number of carbonyl (C=O) groups is 1. The van der Waals surface area contributed by atoms with Crippen molar-refractivity contribution >= 4 is 27.5 Å². The standard InChI is InChI=1S/C22H27ClN2O7S/c1-15(16-4-6-20(29-2)21(12-16)30-3)24-22(26)14-32-19-7-5-17(13-18(19)23)33(27,28)25-8-10-31-11-9-25/h4-7,12-13,15H,8-11,14H2,1-3H3,(H,24,26)/t15-/m0/s1. The summed E-state index contributed by atoms with van der Waals surface area (Å²) in [5.41, 5.74) is 0.830. The lowest BCUT2D eigenvalue weighted by Gasteiger charge is -2.26. The van der Waals surface area contributed by atoms with Gasteiger partial charge in [0, 0.05) is 13.1 Å². The molecule has 1 N–H and O–H groups in total. The molecule has 1 aliphatic rings. The Kier molecular flexibility index (Phi) is 8.41. The van der Waals surface area contributed by atoms with Crippen molar-refractivity contribution < 1.29 is 32.2 Å². The Labute approximate surface area is 198 Å². The van der Waals surface area contributed by atoms with Gasteiger partial charge in [-0.1, -0.05) is 17.7 Å². The number of amides is 1. The fourth-order valence-corrected chi connectivity index (χ4v) is 5.06. The molecule has 0 aromatic heterocycles. The van der Waals surface area contributed by atoms with Crippen LogP contribution in [0.1, 0.15) is 18.5 Å². The van der Waals surface area contributed by atoms with Gasteiger partial charge in [0.2, 0.25) is 10.0 Å². The summed E-state index contributed by atoms with van der Waals surface area (Å²) in [5.74, 6) is 1.01. The summed E-state index contributed by atoms with van der Waals surface area (Å²) >= 11 is 6.23. The maximum Gasteiger partial charge on any atom is 0.258 e. The van der Waals surface area contributed by atoms with E-state index in [9.17, 15) is 13.2 Å². The second kappa shape index (κ2) is 11.1. The van der Waals surface area contributed by atoms with Crippen LogP contribution in [0, 0.1) is 0 Å². The van der Waals surface area contributed by atoms with Gasteiger partial charge in [0.25, 0.3) is 5.91 Å². The SMILES string of the molecule is COc1ccc([C@H](C)NC(=O)COc2ccc(S(=O)(=O)N3CCOCC3)cc2Cl)cc1OC. The largest absolute Gasteiger partial charge is 0.493 e. The Morgan fingerprint density at radius 2 is 1.76 bits per heavy atom. The summed E-state index contributed by atoms with van der Waals surface area (Å²) in [4.78, 5) is 12.4. The average molecular weight is 499 g/mol. The zero-order valence-corrected chi connectivity index (χ0v) is 20.2. The molecule has 1 fully saturated rings. The highest BCUT2D eigenvalue weighted by molar-refractivity contribution is 7.89. The van der Waals surface area contributed by atoms with Crippen LogP contribution in [0.3, 0.4) is 0 Å². The number of methoxy groups -OCH3 is 2. The highest BCUT2D eigenvalue weighted by Gasteiger charge is 2.27. The van der Waals surface area contributed by atoms with Crippen molar-refractivity contribution in [3.8, 4) is 17.2 Å². The van der Waals surface area contributed by atoms with Crippen LogP contribution < -0.4 is 19.5 Å². The highest BCUT2D eigenvalue weighted by Crippen LogP contribution is 2.31. The van der Waals surface area contributed by atoms with Crippen molar-refractivity contribution in [3.63, 3.8) is 0 Å². The van der Waals surface area contributed by atoms with E-state index in [0.717, 1.165) is 5.56 Å². The molecule has 0 saturated carbocycles. The van der Waals surface area contributed by atoms with E-state index in [4.69, 9.17) is 30.5 Å². The molecule has 3 rings (SSSR count). The van der Waals surface area contributed by atoms with Crippen LogP contribution in [0.5, 0.6) is 17.2 Å². The number of hydrogen-bond acceptors (Lipinski definition) is 7. The van der Waals surface area contributed by atoms with Gasteiger partial charge < -0.3 is 24.3 Å². The summed E-state index contributed by atoms with van der Waals surface area (Å²) in [6.07, 6.45) is 0. The number of hydrogen-bond donors (Lipinski definition) is 1. The van der Waals surface area contributed by atoms with E-state index >= 15 is 0 Å². The number of nitrogens with one attached hydrogen (secondary N) is 1. The van der Waals surface area contributed by atoms with Crippen LogP contribution in [0.15, 0.2) is 41.3 Å². The minimum atomic E-state index is -3.68. The van der Waals surface area contributed by atoms with E-state index in [1.54, 1.807) is 26.4 Å². The van der Waals surface area contributed by atoms with E-state index in [0.29, 0.717) is 24.7 Å². The number of ether oxygens (including phenoxy) is 4. The second-order valence-corrected chi connectivity index (χ2v) is 9.65. The molecule has 9 nitrogen and oxygen atoms in total. The fourth-order valence-electron chi connectivity index (χ4n) is 3.33. The lowest BCUT2D eigenvalue weighted by atomic mass is 10.1. The monoisotopic (exact) mass is 498 g/mol. The van der Waals surface area contributed by atoms with Gasteiger partial charge in [-0.05, 0) is 42.8 Å². The smallest absolute Gasteiger partial charge is 0.258 e. The first-order valence-electron chi connectivity index (χ1n) is 10.3. The third-order valence-electron chi connectivity index (χ3n) is 5.16. The summed E-state index contributed by atoms with van der Waals surface area (Å²) < 4.78 is 48.1. The number of sulfonamides is 1. The lowest BCUT2D eigenvalue weighted by Crippen LogP contribution is -2.40. The van der Waals surface area contributed by atoms with Gasteiger partial charge in [0.1, 0.15) is 5.75 Å². The van der Waals surface area contributed by atoms with E-state index in [1.807, 2.05) is 13.0 Å². The molecule has 2 aromatic carbocycles. The molecule has 180 valence electrons. The van der Waals surface area contributed by atoms with E-state index in [1.165, 1.54) is 22.5 Å². The third-order valence-corrected chi connectivity index (χ3v) is 7.35. The number of rotatable bonds is 9. The van der Waals surface area contributed by atoms with Gasteiger partial charge in [-0.3, -0.25) is 4.79 Å². The van der Waals surface area contributed by atoms with Crippen LogP contribution in [-0.4, -0.2) is 65.8 Å². The number of morpholine rings is 1. The van der Waals surface area contributed by atoms with E-state index < -0.39 is 10.0 Å². The van der Waals surface area contributed by atoms with Crippen LogP contribution in [-0.2, 0) is 19.6 Å². The maximum absolute atomic E-state index is 12.7. The predicted octanol–water partition coefficient (Wildman–Crippen LogP) is 2.63. The van der Waals surface area contributed by atoms with Gasteiger partial charge in [0.15, 0.2) is 18.1 Å². The molecule has 1 amide bonds.